The van der Waals surface area contributed by atoms with E-state index in [0.29, 0.717) is 24.5 Å². The summed E-state index contributed by atoms with van der Waals surface area (Å²) in [6.45, 7) is 6.66. The SMILES string of the molecule is CCNC(=O)C(CC)N(Cc1ccccc1Cl)C(=O)CSc1ccc(C)cc1. The highest BCUT2D eigenvalue weighted by Gasteiger charge is 2.28. The third-order valence-corrected chi connectivity index (χ3v) is 5.78. The Labute approximate surface area is 176 Å². The number of nitrogens with zero attached hydrogens (tertiary/aromatic N) is 1. The Morgan fingerprint density at radius 1 is 1.11 bits per heavy atom. The third-order valence-electron chi connectivity index (χ3n) is 4.42. The standard InChI is InChI=1S/C22H27ClN2O2S/c1-4-20(22(27)24-5-2)25(14-17-8-6-7-9-19(17)23)21(26)15-28-18-12-10-16(3)11-13-18/h6-13,20H,4-5,14-15H2,1-3H3,(H,24,27). The summed E-state index contributed by atoms with van der Waals surface area (Å²) in [5.74, 6) is 0.0537. The molecule has 0 fully saturated rings. The molecule has 2 rings (SSSR count). The molecule has 0 aromatic heterocycles. The molecule has 2 amide bonds. The van der Waals surface area contributed by atoms with E-state index in [1.54, 1.807) is 11.0 Å². The molecule has 0 bridgehead atoms. The van der Waals surface area contributed by atoms with Gasteiger partial charge in [-0.15, -0.1) is 11.8 Å². The van der Waals surface area contributed by atoms with Gasteiger partial charge in [0, 0.05) is 23.0 Å². The van der Waals surface area contributed by atoms with Gasteiger partial charge in [-0.1, -0.05) is 54.4 Å². The van der Waals surface area contributed by atoms with Gasteiger partial charge in [0.1, 0.15) is 6.04 Å². The molecule has 0 aliphatic rings. The molecule has 0 spiro atoms. The fourth-order valence-electron chi connectivity index (χ4n) is 2.88. The number of likely N-dealkylation sites (N-methyl/N-ethyl adjacent to an activating group) is 1. The normalized spacial score (nSPS) is 11.7. The fourth-order valence-corrected chi connectivity index (χ4v) is 3.86. The highest BCUT2D eigenvalue weighted by atomic mass is 35.5. The monoisotopic (exact) mass is 418 g/mol. The molecule has 1 atom stereocenters. The number of carbonyl (C=O) groups is 2. The van der Waals surface area contributed by atoms with Crippen LogP contribution in [0.3, 0.4) is 0 Å². The lowest BCUT2D eigenvalue weighted by atomic mass is 10.1. The second-order valence-electron chi connectivity index (χ2n) is 6.53. The molecule has 0 aliphatic heterocycles. The van der Waals surface area contributed by atoms with E-state index in [-0.39, 0.29) is 17.6 Å². The van der Waals surface area contributed by atoms with Crippen LogP contribution in [-0.2, 0) is 16.1 Å². The lowest BCUT2D eigenvalue weighted by molar-refractivity contribution is -0.139. The molecule has 0 radical (unpaired) electrons. The van der Waals surface area contributed by atoms with Crippen molar-refractivity contribution in [1.29, 1.82) is 0 Å². The van der Waals surface area contributed by atoms with Crippen molar-refractivity contribution in [1.82, 2.24) is 10.2 Å². The van der Waals surface area contributed by atoms with Gasteiger partial charge in [0.25, 0.3) is 0 Å². The first kappa shape index (κ1) is 22.3. The van der Waals surface area contributed by atoms with Crippen LogP contribution in [-0.4, -0.2) is 35.1 Å². The van der Waals surface area contributed by atoms with Crippen LogP contribution in [0.15, 0.2) is 53.4 Å². The Morgan fingerprint density at radius 2 is 1.79 bits per heavy atom. The van der Waals surface area contributed by atoms with Crippen LogP contribution in [0.25, 0.3) is 0 Å². The predicted molar refractivity (Wildman–Crippen MR) is 117 cm³/mol. The van der Waals surface area contributed by atoms with Crippen molar-refractivity contribution in [3.8, 4) is 0 Å². The number of benzene rings is 2. The van der Waals surface area contributed by atoms with Gasteiger partial charge in [0.05, 0.1) is 5.75 Å². The highest BCUT2D eigenvalue weighted by Crippen LogP contribution is 2.23. The summed E-state index contributed by atoms with van der Waals surface area (Å²) in [4.78, 5) is 28.3. The number of hydrogen-bond donors (Lipinski definition) is 1. The van der Waals surface area contributed by atoms with Gasteiger partial charge in [-0.25, -0.2) is 0 Å². The van der Waals surface area contributed by atoms with Crippen molar-refractivity contribution >= 4 is 35.2 Å². The van der Waals surface area contributed by atoms with Gasteiger partial charge in [-0.05, 0) is 44.0 Å². The summed E-state index contributed by atoms with van der Waals surface area (Å²) >= 11 is 7.78. The predicted octanol–water partition coefficient (Wildman–Crippen LogP) is 4.68. The van der Waals surface area contributed by atoms with Crippen molar-refractivity contribution in [3.63, 3.8) is 0 Å². The molecule has 1 N–H and O–H groups in total. The smallest absolute Gasteiger partial charge is 0.242 e. The van der Waals surface area contributed by atoms with Crippen LogP contribution >= 0.6 is 23.4 Å². The van der Waals surface area contributed by atoms with Crippen LogP contribution in [0.2, 0.25) is 5.02 Å². The number of thioether (sulfide) groups is 1. The second kappa shape index (κ2) is 11.1. The number of halogens is 1. The molecule has 0 heterocycles. The molecule has 2 aromatic rings. The minimum atomic E-state index is -0.526. The zero-order valence-electron chi connectivity index (χ0n) is 16.6. The molecule has 150 valence electrons. The van der Waals surface area contributed by atoms with Crippen LogP contribution in [0.5, 0.6) is 0 Å². The average molecular weight is 419 g/mol. The topological polar surface area (TPSA) is 49.4 Å². The van der Waals surface area contributed by atoms with Crippen LogP contribution in [0.4, 0.5) is 0 Å². The molecule has 1 unspecified atom stereocenters. The van der Waals surface area contributed by atoms with E-state index in [1.165, 1.54) is 17.3 Å². The van der Waals surface area contributed by atoms with Gasteiger partial charge < -0.3 is 10.2 Å². The number of amides is 2. The first-order chi connectivity index (χ1) is 13.5. The summed E-state index contributed by atoms with van der Waals surface area (Å²) in [7, 11) is 0. The Bertz CT molecular complexity index is 795. The van der Waals surface area contributed by atoms with Crippen LogP contribution < -0.4 is 5.32 Å². The molecule has 0 saturated heterocycles. The minimum Gasteiger partial charge on any atom is -0.355 e. The zero-order valence-corrected chi connectivity index (χ0v) is 18.1. The molecule has 0 aliphatic carbocycles. The van der Waals surface area contributed by atoms with Crippen LogP contribution in [0.1, 0.15) is 31.4 Å². The second-order valence-corrected chi connectivity index (χ2v) is 7.99. The summed E-state index contributed by atoms with van der Waals surface area (Å²) < 4.78 is 0. The lowest BCUT2D eigenvalue weighted by Crippen LogP contribution is -2.49. The Hall–Kier alpha value is -1.98. The van der Waals surface area contributed by atoms with E-state index in [9.17, 15) is 9.59 Å². The summed E-state index contributed by atoms with van der Waals surface area (Å²) in [5.41, 5.74) is 2.01. The highest BCUT2D eigenvalue weighted by molar-refractivity contribution is 8.00. The van der Waals surface area contributed by atoms with E-state index in [1.807, 2.05) is 63.2 Å². The maximum Gasteiger partial charge on any atom is 0.242 e. The number of aryl methyl sites for hydroxylation is 1. The summed E-state index contributed by atoms with van der Waals surface area (Å²) in [6.07, 6.45) is 0.539. The van der Waals surface area contributed by atoms with Gasteiger partial charge in [0.15, 0.2) is 0 Å². The molecule has 2 aromatic carbocycles. The Kier molecular flexibility index (Phi) is 8.87. The molecule has 28 heavy (non-hydrogen) atoms. The third kappa shape index (κ3) is 6.28. The summed E-state index contributed by atoms with van der Waals surface area (Å²) in [6, 6.07) is 15.0. The fraction of sp³-hybridized carbons (Fsp3) is 0.364. The van der Waals surface area contributed by atoms with Crippen molar-refractivity contribution in [2.24, 2.45) is 0 Å². The van der Waals surface area contributed by atoms with Gasteiger partial charge >= 0.3 is 0 Å². The number of carbonyl (C=O) groups excluding carboxylic acids is 2. The molecular weight excluding hydrogens is 392 g/mol. The van der Waals surface area contributed by atoms with E-state index < -0.39 is 6.04 Å². The van der Waals surface area contributed by atoms with Crippen molar-refractivity contribution in [2.75, 3.05) is 12.3 Å². The van der Waals surface area contributed by atoms with E-state index in [0.717, 1.165) is 10.5 Å². The molecule has 4 nitrogen and oxygen atoms in total. The number of hydrogen-bond acceptors (Lipinski definition) is 3. The van der Waals surface area contributed by atoms with Gasteiger partial charge in [-0.3, -0.25) is 9.59 Å². The van der Waals surface area contributed by atoms with Gasteiger partial charge in [-0.2, -0.15) is 0 Å². The average Bonchev–Trinajstić information content (AvgIpc) is 2.69. The zero-order chi connectivity index (χ0) is 20.5. The van der Waals surface area contributed by atoms with E-state index in [2.05, 4.69) is 5.32 Å². The molecule has 6 heteroatoms. The molecule has 0 saturated carbocycles. The van der Waals surface area contributed by atoms with Crippen molar-refractivity contribution in [2.45, 2.75) is 44.7 Å². The Balaban J connectivity index is 2.20. The summed E-state index contributed by atoms with van der Waals surface area (Å²) in [5, 5.41) is 3.43. The first-order valence-electron chi connectivity index (χ1n) is 9.46. The number of rotatable bonds is 9. The van der Waals surface area contributed by atoms with Crippen molar-refractivity contribution < 1.29 is 9.59 Å². The van der Waals surface area contributed by atoms with Crippen molar-refractivity contribution in [3.05, 3.63) is 64.7 Å². The maximum absolute atomic E-state index is 13.1. The quantitative estimate of drug-likeness (QED) is 0.601. The largest absolute Gasteiger partial charge is 0.355 e. The van der Waals surface area contributed by atoms with Crippen LogP contribution in [0, 0.1) is 6.92 Å². The Morgan fingerprint density at radius 3 is 2.39 bits per heavy atom. The minimum absolute atomic E-state index is 0.0800. The number of nitrogens with one attached hydrogen (secondary N) is 1. The van der Waals surface area contributed by atoms with E-state index >= 15 is 0 Å². The first-order valence-corrected chi connectivity index (χ1v) is 10.8. The van der Waals surface area contributed by atoms with Gasteiger partial charge in [0.2, 0.25) is 11.8 Å². The molecular formula is C22H27ClN2O2S. The maximum atomic E-state index is 13.1. The lowest BCUT2D eigenvalue weighted by Gasteiger charge is -2.30. The van der Waals surface area contributed by atoms with E-state index in [4.69, 9.17) is 11.6 Å².